The number of thiazole rings is 1. The van der Waals surface area contributed by atoms with Crippen LogP contribution in [0.3, 0.4) is 0 Å². The summed E-state index contributed by atoms with van der Waals surface area (Å²) in [5.74, 6) is 1.10. The Morgan fingerprint density at radius 2 is 1.61 bits per heavy atom. The van der Waals surface area contributed by atoms with E-state index in [1.165, 1.54) is 35.5 Å². The van der Waals surface area contributed by atoms with Crippen LogP contribution in [0.5, 0.6) is 11.5 Å². The minimum Gasteiger partial charge on any atom is -0.497 e. The Kier molecular flexibility index (Phi) is 9.61. The van der Waals surface area contributed by atoms with Crippen molar-refractivity contribution in [3.63, 3.8) is 0 Å². The third-order valence-electron chi connectivity index (χ3n) is 5.96. The fourth-order valence-corrected chi connectivity index (χ4v) is 5.47. The van der Waals surface area contributed by atoms with Crippen molar-refractivity contribution in [2.24, 2.45) is 0 Å². The van der Waals surface area contributed by atoms with Crippen LogP contribution in [0.15, 0.2) is 47.3 Å². The van der Waals surface area contributed by atoms with Crippen LogP contribution in [0.4, 0.5) is 0 Å². The third kappa shape index (κ3) is 5.62. The SMILES string of the molecule is CCN(CC)CC.COc1ccc(OC)c(-n2c(=S)[nH]c3c(sc(=S)n3-c3ccccc3C)c2=O)c1. The Hall–Kier alpha value is -2.79. The summed E-state index contributed by atoms with van der Waals surface area (Å²) in [4.78, 5) is 19.0. The van der Waals surface area contributed by atoms with E-state index in [1.807, 2.05) is 35.8 Å². The van der Waals surface area contributed by atoms with E-state index in [0.717, 1.165) is 11.3 Å². The normalized spacial score (nSPS) is 10.9. The molecule has 0 radical (unpaired) electrons. The van der Waals surface area contributed by atoms with Gasteiger partial charge in [-0.15, -0.1) is 0 Å². The lowest BCUT2D eigenvalue weighted by Gasteiger charge is -2.13. The molecule has 1 N–H and O–H groups in total. The molecule has 7 nitrogen and oxygen atoms in total. The number of aromatic amines is 1. The molecule has 0 amide bonds. The highest BCUT2D eigenvalue weighted by Crippen LogP contribution is 2.29. The van der Waals surface area contributed by atoms with E-state index in [2.05, 4.69) is 30.7 Å². The Morgan fingerprint density at radius 3 is 2.17 bits per heavy atom. The zero-order valence-electron chi connectivity index (χ0n) is 21.5. The highest BCUT2D eigenvalue weighted by molar-refractivity contribution is 7.73. The molecular formula is C26H32N4O3S3. The summed E-state index contributed by atoms with van der Waals surface area (Å²) in [5.41, 5.74) is 2.77. The van der Waals surface area contributed by atoms with Crippen molar-refractivity contribution < 1.29 is 9.47 Å². The second-order valence-corrected chi connectivity index (χ2v) is 9.93. The van der Waals surface area contributed by atoms with E-state index >= 15 is 0 Å². The Balaban J connectivity index is 0.000000454. The van der Waals surface area contributed by atoms with Gasteiger partial charge in [-0.05, 0) is 74.8 Å². The zero-order chi connectivity index (χ0) is 26.4. The number of ether oxygens (including phenoxy) is 2. The van der Waals surface area contributed by atoms with Crippen LogP contribution in [0, 0.1) is 15.6 Å². The van der Waals surface area contributed by atoms with E-state index < -0.39 is 0 Å². The fraction of sp³-hybridized carbons (Fsp3) is 0.346. The number of rotatable bonds is 7. The van der Waals surface area contributed by atoms with Gasteiger partial charge in [-0.1, -0.05) is 50.3 Å². The van der Waals surface area contributed by atoms with Crippen molar-refractivity contribution >= 4 is 46.1 Å². The van der Waals surface area contributed by atoms with Crippen molar-refractivity contribution in [1.29, 1.82) is 0 Å². The molecule has 36 heavy (non-hydrogen) atoms. The summed E-state index contributed by atoms with van der Waals surface area (Å²) in [5, 5.41) is 0. The lowest BCUT2D eigenvalue weighted by Crippen LogP contribution is -2.21. The molecule has 0 atom stereocenters. The molecule has 0 spiro atoms. The van der Waals surface area contributed by atoms with Gasteiger partial charge in [0.15, 0.2) is 8.73 Å². The molecule has 0 aliphatic carbocycles. The lowest BCUT2D eigenvalue weighted by atomic mass is 10.2. The molecule has 0 saturated heterocycles. The Bertz CT molecular complexity index is 1510. The molecule has 0 unspecified atom stereocenters. The molecule has 10 heteroatoms. The van der Waals surface area contributed by atoms with E-state index in [1.54, 1.807) is 32.4 Å². The van der Waals surface area contributed by atoms with E-state index in [-0.39, 0.29) is 10.3 Å². The predicted octanol–water partition coefficient (Wildman–Crippen LogP) is 6.30. The number of para-hydroxylation sites is 1. The number of benzene rings is 2. The number of hydrogen-bond donors (Lipinski definition) is 1. The third-order valence-corrected chi connectivity index (χ3v) is 7.61. The van der Waals surface area contributed by atoms with Gasteiger partial charge in [-0.2, -0.15) is 0 Å². The van der Waals surface area contributed by atoms with Crippen molar-refractivity contribution in [3.8, 4) is 22.9 Å². The minimum absolute atomic E-state index is 0.240. The molecule has 4 aromatic rings. The van der Waals surface area contributed by atoms with Gasteiger partial charge in [0.1, 0.15) is 21.8 Å². The van der Waals surface area contributed by atoms with Crippen LogP contribution < -0.4 is 15.0 Å². The monoisotopic (exact) mass is 544 g/mol. The molecular weight excluding hydrogens is 513 g/mol. The summed E-state index contributed by atoms with van der Waals surface area (Å²) in [6.45, 7) is 12.1. The first-order chi connectivity index (χ1) is 17.3. The fourth-order valence-electron chi connectivity index (χ4n) is 3.88. The summed E-state index contributed by atoms with van der Waals surface area (Å²) in [6, 6.07) is 13.1. The first-order valence-electron chi connectivity index (χ1n) is 11.7. The summed E-state index contributed by atoms with van der Waals surface area (Å²) in [7, 11) is 3.10. The molecule has 192 valence electrons. The second-order valence-electron chi connectivity index (χ2n) is 7.90. The summed E-state index contributed by atoms with van der Waals surface area (Å²) < 4.78 is 15.3. The average Bonchev–Trinajstić information content (AvgIpc) is 3.21. The second kappa shape index (κ2) is 12.4. The smallest absolute Gasteiger partial charge is 0.278 e. The van der Waals surface area contributed by atoms with Gasteiger partial charge in [-0.25, -0.2) is 4.57 Å². The molecule has 0 fully saturated rings. The number of nitrogens with one attached hydrogen (secondary N) is 1. The number of aromatic nitrogens is 3. The molecule has 2 aromatic carbocycles. The van der Waals surface area contributed by atoms with Crippen molar-refractivity contribution in [1.82, 2.24) is 19.0 Å². The Labute approximate surface area is 225 Å². The minimum atomic E-state index is -0.265. The molecule has 0 aliphatic rings. The van der Waals surface area contributed by atoms with Crippen molar-refractivity contribution in [3.05, 3.63) is 67.1 Å². The van der Waals surface area contributed by atoms with Gasteiger partial charge >= 0.3 is 0 Å². The first kappa shape index (κ1) is 27.8. The molecule has 2 heterocycles. The number of nitrogens with zero attached hydrogens (tertiary/aromatic N) is 3. The van der Waals surface area contributed by atoms with E-state index in [0.29, 0.717) is 31.5 Å². The molecule has 4 rings (SSSR count). The lowest BCUT2D eigenvalue weighted by molar-refractivity contribution is 0.321. The van der Waals surface area contributed by atoms with E-state index in [9.17, 15) is 4.79 Å². The predicted molar refractivity (Wildman–Crippen MR) is 154 cm³/mol. The number of fused-ring (bicyclic) bond motifs is 1. The van der Waals surface area contributed by atoms with Gasteiger partial charge < -0.3 is 19.4 Å². The van der Waals surface area contributed by atoms with Gasteiger partial charge in [-0.3, -0.25) is 9.36 Å². The topological polar surface area (TPSA) is 64.4 Å². The number of aryl methyl sites for hydroxylation is 1. The van der Waals surface area contributed by atoms with Crippen LogP contribution in [-0.2, 0) is 0 Å². The molecule has 2 aromatic heterocycles. The molecule has 0 aliphatic heterocycles. The maximum atomic E-state index is 13.4. The van der Waals surface area contributed by atoms with Crippen LogP contribution >= 0.6 is 35.8 Å². The standard InChI is InChI=1S/C20H17N3O3S3.C6H15N/c1-11-6-4-5-7-13(11)22-17-16(29-20(22)28)18(24)23(19(27)21-17)14-10-12(25-2)8-9-15(14)26-3;1-4-7(5-2)6-3/h4-10H,1-3H3,(H,21,27);4-6H2,1-3H3. The van der Waals surface area contributed by atoms with Gasteiger partial charge in [0, 0.05) is 6.07 Å². The summed E-state index contributed by atoms with van der Waals surface area (Å²) >= 11 is 12.4. The number of H-pyrrole nitrogens is 1. The average molecular weight is 545 g/mol. The van der Waals surface area contributed by atoms with Crippen LogP contribution in [-0.4, -0.2) is 52.9 Å². The quantitative estimate of drug-likeness (QED) is 0.275. The van der Waals surface area contributed by atoms with Crippen LogP contribution in [0.1, 0.15) is 26.3 Å². The van der Waals surface area contributed by atoms with Crippen molar-refractivity contribution in [2.45, 2.75) is 27.7 Å². The highest BCUT2D eigenvalue weighted by atomic mass is 32.1. The zero-order valence-corrected chi connectivity index (χ0v) is 23.9. The highest BCUT2D eigenvalue weighted by Gasteiger charge is 2.18. The largest absolute Gasteiger partial charge is 0.497 e. The maximum absolute atomic E-state index is 13.4. The number of methoxy groups -OCH3 is 2. The molecule has 0 bridgehead atoms. The first-order valence-corrected chi connectivity index (χ1v) is 13.4. The van der Waals surface area contributed by atoms with Crippen molar-refractivity contribution in [2.75, 3.05) is 33.9 Å². The van der Waals surface area contributed by atoms with Gasteiger partial charge in [0.2, 0.25) is 0 Å². The molecule has 0 saturated carbocycles. The van der Waals surface area contributed by atoms with Crippen LogP contribution in [0.2, 0.25) is 0 Å². The Morgan fingerprint density at radius 1 is 0.944 bits per heavy atom. The van der Waals surface area contributed by atoms with E-state index in [4.69, 9.17) is 33.9 Å². The summed E-state index contributed by atoms with van der Waals surface area (Å²) in [6.07, 6.45) is 0. The van der Waals surface area contributed by atoms with Crippen LogP contribution in [0.25, 0.3) is 21.7 Å². The van der Waals surface area contributed by atoms with Gasteiger partial charge in [0.25, 0.3) is 5.56 Å². The maximum Gasteiger partial charge on any atom is 0.278 e. The number of hydrogen-bond acceptors (Lipinski definition) is 7. The van der Waals surface area contributed by atoms with Gasteiger partial charge in [0.05, 0.1) is 25.6 Å².